The van der Waals surface area contributed by atoms with E-state index >= 15 is 0 Å². The van der Waals surface area contributed by atoms with Gasteiger partial charge in [0.2, 0.25) is 0 Å². The highest BCUT2D eigenvalue weighted by molar-refractivity contribution is 6.32. The molecular weight excluding hydrogens is 307 g/mol. The number of aromatic nitrogens is 2. The Morgan fingerprint density at radius 3 is 2.48 bits per heavy atom. The minimum atomic E-state index is 0.370. The maximum Gasteiger partial charge on any atom is 0.155 e. The SMILES string of the molecule is O=Cc1c(C2CCCC2)nn(Cc2ccc(Cl)cc2)c1Cl. The molecule has 5 heteroatoms. The Bertz CT molecular complexity index is 643. The lowest BCUT2D eigenvalue weighted by atomic mass is 10.0. The molecule has 3 nitrogen and oxygen atoms in total. The van der Waals surface area contributed by atoms with Crippen LogP contribution in [0.2, 0.25) is 10.2 Å². The largest absolute Gasteiger partial charge is 0.298 e. The van der Waals surface area contributed by atoms with Crippen molar-refractivity contribution >= 4 is 29.5 Å². The van der Waals surface area contributed by atoms with Crippen molar-refractivity contribution in [1.82, 2.24) is 9.78 Å². The van der Waals surface area contributed by atoms with E-state index in [0.29, 0.717) is 28.2 Å². The number of aldehydes is 1. The fourth-order valence-electron chi connectivity index (χ4n) is 2.95. The van der Waals surface area contributed by atoms with Crippen molar-refractivity contribution < 1.29 is 4.79 Å². The van der Waals surface area contributed by atoms with Crippen molar-refractivity contribution in [2.75, 3.05) is 0 Å². The number of benzene rings is 1. The molecule has 0 amide bonds. The number of carbonyl (C=O) groups excluding carboxylic acids is 1. The number of hydrogen-bond donors (Lipinski definition) is 0. The Morgan fingerprint density at radius 1 is 1.19 bits per heavy atom. The lowest BCUT2D eigenvalue weighted by Crippen LogP contribution is -2.03. The average Bonchev–Trinajstić information content (AvgIpc) is 3.10. The number of nitrogens with zero attached hydrogens (tertiary/aromatic N) is 2. The molecule has 0 saturated heterocycles. The molecule has 1 heterocycles. The zero-order valence-corrected chi connectivity index (χ0v) is 13.1. The first-order chi connectivity index (χ1) is 10.2. The first-order valence-corrected chi connectivity index (χ1v) is 7.90. The van der Waals surface area contributed by atoms with Crippen LogP contribution in [0.15, 0.2) is 24.3 Å². The van der Waals surface area contributed by atoms with Gasteiger partial charge in [-0.05, 0) is 30.5 Å². The third-order valence-electron chi connectivity index (χ3n) is 4.06. The van der Waals surface area contributed by atoms with Gasteiger partial charge in [-0.2, -0.15) is 5.10 Å². The van der Waals surface area contributed by atoms with E-state index in [9.17, 15) is 4.79 Å². The molecule has 21 heavy (non-hydrogen) atoms. The van der Waals surface area contributed by atoms with Gasteiger partial charge in [-0.1, -0.05) is 48.2 Å². The number of rotatable bonds is 4. The molecule has 1 aromatic carbocycles. The Balaban J connectivity index is 1.91. The quantitative estimate of drug-likeness (QED) is 0.764. The normalized spacial score (nSPS) is 15.5. The predicted molar refractivity (Wildman–Crippen MR) is 84.4 cm³/mol. The van der Waals surface area contributed by atoms with E-state index < -0.39 is 0 Å². The topological polar surface area (TPSA) is 34.9 Å². The second kappa shape index (κ2) is 6.20. The van der Waals surface area contributed by atoms with Crippen molar-refractivity contribution in [3.05, 3.63) is 51.3 Å². The van der Waals surface area contributed by atoms with Gasteiger partial charge in [0.15, 0.2) is 6.29 Å². The van der Waals surface area contributed by atoms with Crippen LogP contribution in [0, 0.1) is 0 Å². The zero-order valence-electron chi connectivity index (χ0n) is 11.6. The fourth-order valence-corrected chi connectivity index (χ4v) is 3.31. The third kappa shape index (κ3) is 2.99. The van der Waals surface area contributed by atoms with Crippen LogP contribution in [0.4, 0.5) is 0 Å². The Kier molecular flexibility index (Phi) is 4.32. The van der Waals surface area contributed by atoms with E-state index in [4.69, 9.17) is 23.2 Å². The van der Waals surface area contributed by atoms with Crippen LogP contribution < -0.4 is 0 Å². The summed E-state index contributed by atoms with van der Waals surface area (Å²) in [5.74, 6) is 0.370. The van der Waals surface area contributed by atoms with E-state index in [1.807, 2.05) is 24.3 Å². The van der Waals surface area contributed by atoms with Crippen LogP contribution in [0.3, 0.4) is 0 Å². The first-order valence-electron chi connectivity index (χ1n) is 7.15. The highest BCUT2D eigenvalue weighted by Gasteiger charge is 2.26. The number of halogens is 2. The minimum absolute atomic E-state index is 0.370. The molecule has 110 valence electrons. The maximum absolute atomic E-state index is 11.4. The molecule has 1 aliphatic carbocycles. The van der Waals surface area contributed by atoms with Crippen molar-refractivity contribution in [3.8, 4) is 0 Å². The van der Waals surface area contributed by atoms with Crippen LogP contribution in [0.5, 0.6) is 0 Å². The van der Waals surface area contributed by atoms with Gasteiger partial charge in [-0.15, -0.1) is 0 Å². The summed E-state index contributed by atoms with van der Waals surface area (Å²) >= 11 is 12.2. The van der Waals surface area contributed by atoms with Gasteiger partial charge in [-0.3, -0.25) is 4.79 Å². The maximum atomic E-state index is 11.4. The van der Waals surface area contributed by atoms with Gasteiger partial charge in [-0.25, -0.2) is 4.68 Å². The smallest absolute Gasteiger partial charge is 0.155 e. The molecule has 0 unspecified atom stereocenters. The lowest BCUT2D eigenvalue weighted by molar-refractivity contribution is 0.112. The Hall–Kier alpha value is -1.32. The summed E-state index contributed by atoms with van der Waals surface area (Å²) in [7, 11) is 0. The third-order valence-corrected chi connectivity index (χ3v) is 4.71. The molecule has 2 aromatic rings. The standard InChI is InChI=1S/C16H16Cl2N2O/c17-13-7-5-11(6-8-13)9-20-16(18)14(10-21)15(19-20)12-3-1-2-4-12/h5-8,10,12H,1-4,9H2. The van der Waals surface area contributed by atoms with Crippen LogP contribution >= 0.6 is 23.2 Å². The highest BCUT2D eigenvalue weighted by Crippen LogP contribution is 2.36. The second-order valence-electron chi connectivity index (χ2n) is 5.47. The molecule has 0 atom stereocenters. The summed E-state index contributed by atoms with van der Waals surface area (Å²) in [6.07, 6.45) is 5.42. The van der Waals surface area contributed by atoms with Gasteiger partial charge < -0.3 is 0 Å². The molecule has 1 saturated carbocycles. The van der Waals surface area contributed by atoms with E-state index in [1.54, 1.807) is 4.68 Å². The molecule has 0 bridgehead atoms. The molecule has 0 aliphatic heterocycles. The Labute approximate surface area is 133 Å². The molecule has 1 fully saturated rings. The molecule has 1 aliphatic rings. The zero-order chi connectivity index (χ0) is 14.8. The molecule has 0 radical (unpaired) electrons. The van der Waals surface area contributed by atoms with E-state index in [1.165, 1.54) is 12.8 Å². The summed E-state index contributed by atoms with van der Waals surface area (Å²) < 4.78 is 1.71. The summed E-state index contributed by atoms with van der Waals surface area (Å²) in [6.45, 7) is 0.545. The second-order valence-corrected chi connectivity index (χ2v) is 6.27. The summed E-state index contributed by atoms with van der Waals surface area (Å²) in [5, 5.41) is 5.73. The van der Waals surface area contributed by atoms with Gasteiger partial charge in [0, 0.05) is 10.9 Å². The highest BCUT2D eigenvalue weighted by atomic mass is 35.5. The molecule has 0 spiro atoms. The van der Waals surface area contributed by atoms with Gasteiger partial charge in [0.25, 0.3) is 0 Å². The monoisotopic (exact) mass is 322 g/mol. The van der Waals surface area contributed by atoms with Crippen molar-refractivity contribution in [2.24, 2.45) is 0 Å². The van der Waals surface area contributed by atoms with Crippen molar-refractivity contribution in [2.45, 2.75) is 38.1 Å². The van der Waals surface area contributed by atoms with Crippen LogP contribution in [-0.4, -0.2) is 16.1 Å². The van der Waals surface area contributed by atoms with Gasteiger partial charge >= 0.3 is 0 Å². The molecular formula is C16H16Cl2N2O. The van der Waals surface area contributed by atoms with E-state index in [0.717, 1.165) is 30.4 Å². The summed E-state index contributed by atoms with van der Waals surface area (Å²) in [5.41, 5.74) is 2.47. The van der Waals surface area contributed by atoms with Crippen LogP contribution in [-0.2, 0) is 6.54 Å². The van der Waals surface area contributed by atoms with Crippen molar-refractivity contribution in [1.29, 1.82) is 0 Å². The average molecular weight is 323 g/mol. The lowest BCUT2D eigenvalue weighted by Gasteiger charge is -2.05. The Morgan fingerprint density at radius 2 is 1.86 bits per heavy atom. The van der Waals surface area contributed by atoms with Crippen molar-refractivity contribution in [3.63, 3.8) is 0 Å². The van der Waals surface area contributed by atoms with Gasteiger partial charge in [0.1, 0.15) is 5.15 Å². The van der Waals surface area contributed by atoms with Gasteiger partial charge in [0.05, 0.1) is 17.8 Å². The summed E-state index contributed by atoms with van der Waals surface area (Å²) in [6, 6.07) is 7.56. The predicted octanol–water partition coefficient (Wildman–Crippen LogP) is 4.71. The molecule has 0 N–H and O–H groups in total. The number of carbonyl (C=O) groups is 1. The fraction of sp³-hybridized carbons (Fsp3) is 0.375. The van der Waals surface area contributed by atoms with E-state index in [-0.39, 0.29) is 0 Å². The minimum Gasteiger partial charge on any atom is -0.298 e. The summed E-state index contributed by atoms with van der Waals surface area (Å²) in [4.78, 5) is 11.4. The first kappa shape index (κ1) is 14.6. The van der Waals surface area contributed by atoms with Crippen LogP contribution in [0.25, 0.3) is 0 Å². The van der Waals surface area contributed by atoms with E-state index in [2.05, 4.69) is 5.10 Å². The van der Waals surface area contributed by atoms with Crippen LogP contribution in [0.1, 0.15) is 53.2 Å². The number of hydrogen-bond acceptors (Lipinski definition) is 2. The molecule has 3 rings (SSSR count). The molecule has 1 aromatic heterocycles.